The molecule has 1 heterocycles. The zero-order valence-corrected chi connectivity index (χ0v) is 18.6. The van der Waals surface area contributed by atoms with Gasteiger partial charge in [0.15, 0.2) is 11.2 Å². The number of hydrogen-bond donors (Lipinski definition) is 2. The summed E-state index contributed by atoms with van der Waals surface area (Å²) in [6.45, 7) is 3.84. The quantitative estimate of drug-likeness (QED) is 0.265. The number of benzene rings is 3. The minimum absolute atomic E-state index is 0.0492. The second-order valence-electron chi connectivity index (χ2n) is 8.25. The Morgan fingerprint density at radius 1 is 1.12 bits per heavy atom. The van der Waals surface area contributed by atoms with Crippen LogP contribution in [0.25, 0.3) is 22.6 Å². The number of hydrogen-bond acceptors (Lipinski definition) is 7. The zero-order chi connectivity index (χ0) is 24.3. The second-order valence-corrected chi connectivity index (χ2v) is 8.25. The summed E-state index contributed by atoms with van der Waals surface area (Å²) in [4.78, 5) is 26.7. The summed E-state index contributed by atoms with van der Waals surface area (Å²) < 4.78 is 11.4. The van der Waals surface area contributed by atoms with Crippen LogP contribution in [0.15, 0.2) is 71.1 Å². The largest absolute Gasteiger partial charge is 0.478 e. The standard InChI is InChI=1S/C25H23N3O6/c1-25(2,24(29)30)34-19-7-5-6-16(12-19)14-26-15-17-10-11-18(28(31)32)13-20(17)23-27-21-8-3-4-9-22(21)33-23/h3-13,26H,14-15H2,1-2H3,(H,29,30). The lowest BCUT2D eigenvalue weighted by atomic mass is 10.1. The summed E-state index contributed by atoms with van der Waals surface area (Å²) in [5, 5.41) is 23.9. The summed E-state index contributed by atoms with van der Waals surface area (Å²) in [5.74, 6) is -0.289. The van der Waals surface area contributed by atoms with Crippen LogP contribution in [0.3, 0.4) is 0 Å². The average molecular weight is 461 g/mol. The first-order chi connectivity index (χ1) is 16.2. The number of oxazole rings is 1. The monoisotopic (exact) mass is 461 g/mol. The normalized spacial score (nSPS) is 11.5. The molecule has 174 valence electrons. The molecule has 0 saturated carbocycles. The number of ether oxygens (including phenoxy) is 1. The van der Waals surface area contributed by atoms with Crippen molar-refractivity contribution in [2.75, 3.05) is 0 Å². The van der Waals surface area contributed by atoms with E-state index in [1.165, 1.54) is 26.0 Å². The molecule has 4 aromatic rings. The van der Waals surface area contributed by atoms with Crippen molar-refractivity contribution in [1.82, 2.24) is 10.3 Å². The molecule has 0 unspecified atom stereocenters. The molecule has 2 N–H and O–H groups in total. The first kappa shape index (κ1) is 22.9. The Hall–Kier alpha value is -4.24. The topological polar surface area (TPSA) is 128 Å². The average Bonchev–Trinajstić information content (AvgIpc) is 3.23. The highest BCUT2D eigenvalue weighted by atomic mass is 16.6. The van der Waals surface area contributed by atoms with Crippen molar-refractivity contribution in [3.63, 3.8) is 0 Å². The van der Waals surface area contributed by atoms with E-state index in [-0.39, 0.29) is 5.69 Å². The highest BCUT2D eigenvalue weighted by Crippen LogP contribution is 2.30. The van der Waals surface area contributed by atoms with Gasteiger partial charge in [0.2, 0.25) is 5.89 Å². The SMILES string of the molecule is CC(C)(Oc1cccc(CNCc2ccc([N+](=O)[O-])cc2-c2nc3ccccc3o2)c1)C(=O)O. The van der Waals surface area contributed by atoms with Gasteiger partial charge in [0.1, 0.15) is 11.3 Å². The number of non-ortho nitro benzene ring substituents is 1. The minimum Gasteiger partial charge on any atom is -0.478 e. The number of carboxylic acid groups (broad SMARTS) is 1. The lowest BCUT2D eigenvalue weighted by Crippen LogP contribution is -2.37. The number of fused-ring (bicyclic) bond motifs is 1. The number of para-hydroxylation sites is 2. The minimum atomic E-state index is -1.35. The van der Waals surface area contributed by atoms with Crippen molar-refractivity contribution < 1.29 is 24.0 Å². The number of carboxylic acids is 1. The molecular weight excluding hydrogens is 438 g/mol. The Balaban J connectivity index is 1.53. The molecule has 1 aromatic heterocycles. The Morgan fingerprint density at radius 3 is 2.65 bits per heavy atom. The molecule has 0 fully saturated rings. The van der Waals surface area contributed by atoms with Crippen molar-refractivity contribution in [1.29, 1.82) is 0 Å². The number of aliphatic carboxylic acids is 1. The second kappa shape index (κ2) is 9.32. The fourth-order valence-corrected chi connectivity index (χ4v) is 3.42. The van der Waals surface area contributed by atoms with Gasteiger partial charge in [-0.2, -0.15) is 0 Å². The highest BCUT2D eigenvalue weighted by Gasteiger charge is 2.29. The fourth-order valence-electron chi connectivity index (χ4n) is 3.42. The molecular formula is C25H23N3O6. The molecule has 3 aromatic carbocycles. The van der Waals surface area contributed by atoms with Gasteiger partial charge in [-0.05, 0) is 49.2 Å². The molecule has 0 aliphatic carbocycles. The number of aromatic nitrogens is 1. The van der Waals surface area contributed by atoms with Gasteiger partial charge < -0.3 is 19.6 Å². The van der Waals surface area contributed by atoms with Gasteiger partial charge in [-0.1, -0.05) is 30.3 Å². The molecule has 0 amide bonds. The van der Waals surface area contributed by atoms with E-state index in [1.54, 1.807) is 30.3 Å². The molecule has 9 heteroatoms. The summed E-state index contributed by atoms with van der Waals surface area (Å²) >= 11 is 0. The number of nitro benzene ring substituents is 1. The Bertz CT molecular complexity index is 1330. The first-order valence-corrected chi connectivity index (χ1v) is 10.6. The molecule has 0 bridgehead atoms. The molecule has 9 nitrogen and oxygen atoms in total. The van der Waals surface area contributed by atoms with Crippen LogP contribution in [-0.2, 0) is 17.9 Å². The van der Waals surface area contributed by atoms with Gasteiger partial charge in [-0.3, -0.25) is 10.1 Å². The molecule has 0 aliphatic rings. The molecule has 0 radical (unpaired) electrons. The van der Waals surface area contributed by atoms with Crippen LogP contribution in [0.1, 0.15) is 25.0 Å². The van der Waals surface area contributed by atoms with Crippen LogP contribution in [-0.4, -0.2) is 26.6 Å². The maximum Gasteiger partial charge on any atom is 0.347 e. The third-order valence-corrected chi connectivity index (χ3v) is 5.26. The predicted octanol–water partition coefficient (Wildman–Crippen LogP) is 4.93. The van der Waals surface area contributed by atoms with Crippen LogP contribution in [0.5, 0.6) is 5.75 Å². The van der Waals surface area contributed by atoms with Crippen LogP contribution in [0, 0.1) is 10.1 Å². The zero-order valence-electron chi connectivity index (χ0n) is 18.6. The van der Waals surface area contributed by atoms with Gasteiger partial charge in [-0.25, -0.2) is 9.78 Å². The lowest BCUT2D eigenvalue weighted by molar-refractivity contribution is -0.384. The maximum absolute atomic E-state index is 11.3. The third-order valence-electron chi connectivity index (χ3n) is 5.26. The highest BCUT2D eigenvalue weighted by molar-refractivity contribution is 5.77. The lowest BCUT2D eigenvalue weighted by Gasteiger charge is -2.21. The van der Waals surface area contributed by atoms with Crippen LogP contribution in [0.2, 0.25) is 0 Å². The molecule has 0 saturated heterocycles. The van der Waals surface area contributed by atoms with Gasteiger partial charge >= 0.3 is 5.97 Å². The molecule has 0 spiro atoms. The van der Waals surface area contributed by atoms with Gasteiger partial charge in [0, 0.05) is 30.8 Å². The number of carbonyl (C=O) groups is 1. The predicted molar refractivity (Wildman–Crippen MR) is 125 cm³/mol. The Morgan fingerprint density at radius 2 is 1.91 bits per heavy atom. The van der Waals surface area contributed by atoms with E-state index >= 15 is 0 Å². The van der Waals surface area contributed by atoms with E-state index in [9.17, 15) is 20.0 Å². The van der Waals surface area contributed by atoms with E-state index in [0.29, 0.717) is 41.4 Å². The molecule has 34 heavy (non-hydrogen) atoms. The number of nitrogens with zero attached hydrogens (tertiary/aromatic N) is 2. The van der Waals surface area contributed by atoms with E-state index in [2.05, 4.69) is 10.3 Å². The van der Waals surface area contributed by atoms with Gasteiger partial charge in [0.25, 0.3) is 5.69 Å². The molecule has 0 aliphatic heterocycles. The van der Waals surface area contributed by atoms with Crippen molar-refractivity contribution in [3.8, 4) is 17.2 Å². The van der Waals surface area contributed by atoms with E-state index < -0.39 is 16.5 Å². The third kappa shape index (κ3) is 5.05. The Labute approximate surface area is 195 Å². The summed E-state index contributed by atoms with van der Waals surface area (Å²) in [6, 6.07) is 19.1. The number of nitro groups is 1. The van der Waals surface area contributed by atoms with Gasteiger partial charge in [-0.15, -0.1) is 0 Å². The van der Waals surface area contributed by atoms with Crippen LogP contribution in [0.4, 0.5) is 5.69 Å². The summed E-state index contributed by atoms with van der Waals surface area (Å²) in [6.07, 6.45) is 0. The summed E-state index contributed by atoms with van der Waals surface area (Å²) in [5.41, 5.74) is 2.10. The van der Waals surface area contributed by atoms with Crippen molar-refractivity contribution in [3.05, 3.63) is 88.0 Å². The maximum atomic E-state index is 11.3. The summed E-state index contributed by atoms with van der Waals surface area (Å²) in [7, 11) is 0. The van der Waals surface area contributed by atoms with Gasteiger partial charge in [0.05, 0.1) is 4.92 Å². The first-order valence-electron chi connectivity index (χ1n) is 10.6. The van der Waals surface area contributed by atoms with Crippen molar-refractivity contribution in [2.24, 2.45) is 0 Å². The smallest absolute Gasteiger partial charge is 0.347 e. The number of rotatable bonds is 9. The van der Waals surface area contributed by atoms with Crippen LogP contribution < -0.4 is 10.1 Å². The van der Waals surface area contributed by atoms with E-state index in [1.807, 2.05) is 24.3 Å². The fraction of sp³-hybridized carbons (Fsp3) is 0.200. The van der Waals surface area contributed by atoms with Crippen molar-refractivity contribution in [2.45, 2.75) is 32.5 Å². The van der Waals surface area contributed by atoms with E-state index in [0.717, 1.165) is 11.1 Å². The van der Waals surface area contributed by atoms with E-state index in [4.69, 9.17) is 9.15 Å². The Kier molecular flexibility index (Phi) is 6.29. The number of nitrogens with one attached hydrogen (secondary N) is 1. The molecule has 4 rings (SSSR count). The van der Waals surface area contributed by atoms with Crippen LogP contribution >= 0.6 is 0 Å². The van der Waals surface area contributed by atoms with Crippen molar-refractivity contribution >= 4 is 22.8 Å². The molecule has 0 atom stereocenters.